The average molecular weight is 1020 g/mol. The van der Waals surface area contributed by atoms with Gasteiger partial charge in [0.1, 0.15) is 21.7 Å². The highest BCUT2D eigenvalue weighted by Crippen LogP contribution is 2.30. The maximum atomic E-state index is 13.0. The molecule has 4 atom stereocenters. The molecule has 26 heteroatoms. The number of halogens is 7. The zero-order valence-corrected chi connectivity index (χ0v) is 37.2. The van der Waals surface area contributed by atoms with Crippen molar-refractivity contribution in [1.82, 2.24) is 40.2 Å². The Morgan fingerprint density at radius 2 is 1.09 bits per heavy atom. The van der Waals surface area contributed by atoms with Gasteiger partial charge in [-0.05, 0) is 58.1 Å². The molecule has 0 aliphatic heterocycles. The molecule has 6 rings (SSSR count). The number of amides is 4. The van der Waals surface area contributed by atoms with E-state index in [1.807, 2.05) is 30.3 Å². The fourth-order valence-corrected chi connectivity index (χ4v) is 6.55. The predicted molar refractivity (Wildman–Crippen MR) is 235 cm³/mol. The molecule has 360 valence electrons. The predicted octanol–water partition coefficient (Wildman–Crippen LogP) is 1.84. The number of primary amides is 2. The highest BCUT2D eigenvalue weighted by atomic mass is 79.9. The summed E-state index contributed by atoms with van der Waals surface area (Å²) >= 11 is 3.19. The Hall–Kier alpha value is -7.00. The smallest absolute Gasteiger partial charge is 0.423 e. The van der Waals surface area contributed by atoms with E-state index in [-0.39, 0.29) is 35.1 Å². The Morgan fingerprint density at radius 1 is 0.662 bits per heavy atom. The molecule has 2 aromatic carbocycles. The zero-order valence-electron chi connectivity index (χ0n) is 35.6. The number of rotatable bonds is 14. The van der Waals surface area contributed by atoms with E-state index in [4.69, 9.17) is 21.5 Å². The molecular formula is C42H42BBrF6N10O8. The number of nitrogens with two attached hydrogens (primary N) is 2. The van der Waals surface area contributed by atoms with E-state index in [1.165, 1.54) is 28.8 Å². The maximum absolute atomic E-state index is 13.0. The van der Waals surface area contributed by atoms with E-state index in [0.29, 0.717) is 16.2 Å². The van der Waals surface area contributed by atoms with Crippen molar-refractivity contribution in [3.8, 4) is 11.3 Å². The minimum Gasteiger partial charge on any atom is -0.423 e. The third-order valence-corrected chi connectivity index (χ3v) is 9.96. The summed E-state index contributed by atoms with van der Waals surface area (Å²) < 4.78 is 77.3. The number of aryl methyl sites for hydroxylation is 2. The number of carbonyl (C=O) groups is 4. The van der Waals surface area contributed by atoms with Gasteiger partial charge < -0.3 is 42.4 Å². The highest BCUT2D eigenvalue weighted by molar-refractivity contribution is 9.10. The van der Waals surface area contributed by atoms with Crippen molar-refractivity contribution in [2.45, 2.75) is 49.5 Å². The largest absolute Gasteiger partial charge is 0.490 e. The molecule has 4 amide bonds. The first-order chi connectivity index (χ1) is 31.8. The first-order valence-corrected chi connectivity index (χ1v) is 20.4. The second-order valence-corrected chi connectivity index (χ2v) is 15.3. The Bertz CT molecular complexity index is 2620. The van der Waals surface area contributed by atoms with Gasteiger partial charge in [-0.2, -0.15) is 36.5 Å². The van der Waals surface area contributed by atoms with Crippen molar-refractivity contribution in [2.24, 2.45) is 25.6 Å². The fraction of sp³-hybridized carbons (Fsp3) is 0.238. The summed E-state index contributed by atoms with van der Waals surface area (Å²) in [5.74, 6) is -3.04. The molecule has 0 saturated heterocycles. The number of carbonyl (C=O) groups excluding carboxylic acids is 4. The van der Waals surface area contributed by atoms with Crippen LogP contribution in [0.25, 0.3) is 11.3 Å². The maximum Gasteiger partial charge on any atom is 0.490 e. The van der Waals surface area contributed by atoms with E-state index in [2.05, 4.69) is 46.7 Å². The third kappa shape index (κ3) is 15.5. The molecule has 0 bridgehead atoms. The van der Waals surface area contributed by atoms with Crippen LogP contribution in [0.3, 0.4) is 0 Å². The van der Waals surface area contributed by atoms with E-state index < -0.39 is 78.8 Å². The molecule has 0 saturated carbocycles. The Balaban J connectivity index is 0.000000243. The van der Waals surface area contributed by atoms with Crippen LogP contribution in [0.4, 0.5) is 26.3 Å². The van der Waals surface area contributed by atoms with Gasteiger partial charge in [0.2, 0.25) is 11.8 Å². The van der Waals surface area contributed by atoms with E-state index in [9.17, 15) is 55.7 Å². The standard InChI is InChI=1S/C21H20F3N5O3.C15H17BrN4O3.C6H5BF3NO2/c1-29-11-14(17(28-29)13-7-8-16(26-10-13)21(22,23)24)20(32)27-15(18(30)19(25)31)9-12-5-3-2-4-6-12;1-20-8-10(13(16)19-20)15(23)18-11(12(21)14(17)22)7-9-5-3-2-4-6-9;8-6(9,10)5-2-1-4(3-11-5)7(12)13/h2-8,10-11,15,18,30H,9H2,1H3,(H2,25,31)(H,27,32);2-6,8,11-12,21H,7H2,1H3,(H2,17,22)(H,18,23);1-3,12-13H. The van der Waals surface area contributed by atoms with Crippen molar-refractivity contribution in [2.75, 3.05) is 0 Å². The first kappa shape index (κ1) is 53.6. The van der Waals surface area contributed by atoms with Gasteiger partial charge >= 0.3 is 19.5 Å². The molecule has 18 nitrogen and oxygen atoms in total. The molecule has 4 heterocycles. The van der Waals surface area contributed by atoms with Gasteiger partial charge in [0.05, 0.1) is 23.2 Å². The van der Waals surface area contributed by atoms with Crippen molar-refractivity contribution in [3.63, 3.8) is 0 Å². The Labute approximate surface area is 391 Å². The lowest BCUT2D eigenvalue weighted by molar-refractivity contribution is -0.141. The quantitative estimate of drug-likeness (QED) is 0.0573. The molecule has 10 N–H and O–H groups in total. The fourth-order valence-electron chi connectivity index (χ4n) is 6.02. The Morgan fingerprint density at radius 3 is 1.46 bits per heavy atom. The van der Waals surface area contributed by atoms with Crippen molar-refractivity contribution in [1.29, 1.82) is 0 Å². The minimum atomic E-state index is -4.60. The molecule has 0 aliphatic carbocycles. The number of alkyl halides is 6. The SMILES string of the molecule is Cn1cc(C(=O)NC(Cc2ccccc2)C(O)C(N)=O)c(-c2ccc(C(F)(F)F)nc2)n1.Cn1cc(C(=O)NC(Cc2ccccc2)C(O)C(N)=O)c(Br)n1.OB(O)c1ccc(C(F)(F)F)nc1. The van der Waals surface area contributed by atoms with Crippen LogP contribution in [0.5, 0.6) is 0 Å². The number of aliphatic hydroxyl groups excluding tert-OH is 2. The van der Waals surface area contributed by atoms with Crippen LogP contribution < -0.4 is 27.6 Å². The normalized spacial score (nSPS) is 13.0. The van der Waals surface area contributed by atoms with Gasteiger partial charge in [-0.3, -0.25) is 38.5 Å². The summed E-state index contributed by atoms with van der Waals surface area (Å²) in [6.45, 7) is 0. The molecule has 4 aromatic heterocycles. The summed E-state index contributed by atoms with van der Waals surface area (Å²) in [6.07, 6.45) is -7.20. The summed E-state index contributed by atoms with van der Waals surface area (Å²) in [5, 5.41) is 50.7. The van der Waals surface area contributed by atoms with Gasteiger partial charge in [-0.25, -0.2) is 0 Å². The molecule has 68 heavy (non-hydrogen) atoms. The summed E-state index contributed by atoms with van der Waals surface area (Å²) in [7, 11) is 1.42. The highest BCUT2D eigenvalue weighted by Gasteiger charge is 2.34. The number of aliphatic hydroxyl groups is 2. The van der Waals surface area contributed by atoms with Crippen LogP contribution in [-0.2, 0) is 48.9 Å². The minimum absolute atomic E-state index is 0.0313. The van der Waals surface area contributed by atoms with E-state index in [1.54, 1.807) is 37.4 Å². The average Bonchev–Trinajstić information content (AvgIpc) is 3.86. The number of nitrogens with zero attached hydrogens (tertiary/aromatic N) is 6. The summed E-state index contributed by atoms with van der Waals surface area (Å²) in [4.78, 5) is 54.6. The molecule has 6 aromatic rings. The second kappa shape index (κ2) is 23.6. The van der Waals surface area contributed by atoms with Gasteiger partial charge in [0.25, 0.3) is 11.8 Å². The van der Waals surface area contributed by atoms with Crippen LogP contribution >= 0.6 is 15.9 Å². The molecule has 0 radical (unpaired) electrons. The summed E-state index contributed by atoms with van der Waals surface area (Å²) in [6, 6.07) is 19.8. The first-order valence-electron chi connectivity index (χ1n) is 19.7. The van der Waals surface area contributed by atoms with E-state index in [0.717, 1.165) is 41.7 Å². The molecule has 0 aliphatic rings. The van der Waals surface area contributed by atoms with Crippen LogP contribution in [-0.4, -0.2) is 105 Å². The topological polar surface area (TPSA) is 287 Å². The monoisotopic (exact) mass is 1020 g/mol. The lowest BCUT2D eigenvalue weighted by Gasteiger charge is -2.22. The van der Waals surface area contributed by atoms with Crippen LogP contribution in [0.15, 0.2) is 114 Å². The van der Waals surface area contributed by atoms with Gasteiger partial charge in [-0.1, -0.05) is 66.7 Å². The number of nitrogens with one attached hydrogen (secondary N) is 2. The van der Waals surface area contributed by atoms with Crippen molar-refractivity contribution < 1.29 is 65.8 Å². The number of pyridine rings is 2. The van der Waals surface area contributed by atoms with Crippen LogP contribution in [0.2, 0.25) is 0 Å². The number of aromatic nitrogens is 6. The molecule has 4 unspecified atom stereocenters. The Kier molecular flexibility index (Phi) is 18.6. The van der Waals surface area contributed by atoms with Crippen LogP contribution in [0.1, 0.15) is 43.2 Å². The molecule has 0 spiro atoms. The van der Waals surface area contributed by atoms with Gasteiger partial charge in [-0.15, -0.1) is 0 Å². The number of hydrogen-bond acceptors (Lipinski definition) is 12. The number of benzene rings is 2. The molecular weight excluding hydrogens is 977 g/mol. The van der Waals surface area contributed by atoms with E-state index >= 15 is 0 Å². The number of hydrogen-bond donors (Lipinski definition) is 8. The second-order valence-electron chi connectivity index (χ2n) is 14.6. The van der Waals surface area contributed by atoms with Gasteiger partial charge in [0, 0.05) is 49.9 Å². The van der Waals surface area contributed by atoms with Gasteiger partial charge in [0.15, 0.2) is 12.2 Å². The summed E-state index contributed by atoms with van der Waals surface area (Å²) in [5.41, 5.74) is 10.4. The van der Waals surface area contributed by atoms with Crippen molar-refractivity contribution >= 4 is 52.1 Å². The lowest BCUT2D eigenvalue weighted by Crippen LogP contribution is -2.50. The lowest BCUT2D eigenvalue weighted by atomic mass is 9.82. The molecule has 0 fully saturated rings. The third-order valence-electron chi connectivity index (χ3n) is 9.38. The van der Waals surface area contributed by atoms with Crippen LogP contribution in [0, 0.1) is 0 Å². The zero-order chi connectivity index (χ0) is 50.5. The van der Waals surface area contributed by atoms with Crippen molar-refractivity contribution in [3.05, 3.63) is 148 Å².